The van der Waals surface area contributed by atoms with Crippen molar-refractivity contribution in [1.29, 1.82) is 0 Å². The molecule has 1 saturated carbocycles. The number of rotatable bonds is 3. The zero-order chi connectivity index (χ0) is 9.23. The largest absolute Gasteiger partial charge is 0.0654 e. The summed E-state index contributed by atoms with van der Waals surface area (Å²) in [6, 6.07) is 0. The summed E-state index contributed by atoms with van der Waals surface area (Å²) in [4.78, 5) is 0. The fourth-order valence-corrected chi connectivity index (χ4v) is 1.63. The van der Waals surface area contributed by atoms with E-state index >= 15 is 0 Å². The van der Waals surface area contributed by atoms with Gasteiger partial charge in [0.1, 0.15) is 0 Å². The van der Waals surface area contributed by atoms with Gasteiger partial charge in [0.15, 0.2) is 0 Å². The summed E-state index contributed by atoms with van der Waals surface area (Å²) < 4.78 is 0. The summed E-state index contributed by atoms with van der Waals surface area (Å²) in [6.07, 6.45) is 11.5. The Bertz CT molecular complexity index is 66.1. The third-order valence-electron chi connectivity index (χ3n) is 2.60. The predicted molar refractivity (Wildman–Crippen MR) is 57.4 cm³/mol. The van der Waals surface area contributed by atoms with Gasteiger partial charge in [0.25, 0.3) is 0 Å². The molecule has 0 heterocycles. The molecule has 0 bridgehead atoms. The zero-order valence-electron chi connectivity index (χ0n) is 9.23. The molecule has 0 saturated heterocycles. The quantitative estimate of drug-likeness (QED) is 0.534. The summed E-state index contributed by atoms with van der Waals surface area (Å²) in [7, 11) is 0. The van der Waals surface area contributed by atoms with Crippen LogP contribution in [0.2, 0.25) is 0 Å². The Morgan fingerprint density at radius 1 is 0.917 bits per heavy atom. The van der Waals surface area contributed by atoms with Crippen LogP contribution in [0, 0.1) is 5.92 Å². The van der Waals surface area contributed by atoms with Crippen LogP contribution in [0.4, 0.5) is 0 Å². The number of hydrogen-bond donors (Lipinski definition) is 0. The molecule has 0 nitrogen and oxygen atoms in total. The van der Waals surface area contributed by atoms with Gasteiger partial charge in [-0.05, 0) is 5.92 Å². The standard InChI is InChI=1S/C6H12.C6H14/c1-6-4-2-3-5-6;1-3-5-6-4-2/h6H,2-5H2,1H3;3-6H2,1-2H3. The minimum Gasteiger partial charge on any atom is -0.0654 e. The van der Waals surface area contributed by atoms with E-state index in [9.17, 15) is 0 Å². The van der Waals surface area contributed by atoms with E-state index in [1.165, 1.54) is 51.4 Å². The first-order valence-electron chi connectivity index (χ1n) is 5.81. The molecule has 0 aromatic heterocycles. The Morgan fingerprint density at radius 3 is 1.50 bits per heavy atom. The first-order valence-corrected chi connectivity index (χ1v) is 5.81. The number of unbranched alkanes of at least 4 members (excludes halogenated alkanes) is 3. The van der Waals surface area contributed by atoms with Gasteiger partial charge < -0.3 is 0 Å². The van der Waals surface area contributed by atoms with Gasteiger partial charge in [0.2, 0.25) is 0 Å². The van der Waals surface area contributed by atoms with Gasteiger partial charge in [-0.1, -0.05) is 72.1 Å². The minimum atomic E-state index is 1.05. The predicted octanol–water partition coefficient (Wildman–Crippen LogP) is 4.78. The molecule has 0 aromatic rings. The molecule has 1 rings (SSSR count). The highest BCUT2D eigenvalue weighted by Gasteiger charge is 2.07. The Kier molecular flexibility index (Phi) is 9.09. The van der Waals surface area contributed by atoms with Crippen LogP contribution in [0.25, 0.3) is 0 Å². The average molecular weight is 170 g/mol. The van der Waals surface area contributed by atoms with E-state index in [0.29, 0.717) is 0 Å². The molecule has 0 N–H and O–H groups in total. The monoisotopic (exact) mass is 170 g/mol. The molecular weight excluding hydrogens is 144 g/mol. The molecule has 0 atom stereocenters. The normalized spacial score (nSPS) is 17.2. The van der Waals surface area contributed by atoms with E-state index in [1.54, 1.807) is 0 Å². The zero-order valence-corrected chi connectivity index (χ0v) is 9.23. The van der Waals surface area contributed by atoms with Crippen molar-refractivity contribution >= 4 is 0 Å². The molecule has 0 spiro atoms. The second kappa shape index (κ2) is 9.09. The van der Waals surface area contributed by atoms with E-state index in [4.69, 9.17) is 0 Å². The first kappa shape index (κ1) is 12.0. The second-order valence-corrected chi connectivity index (χ2v) is 4.10. The first-order chi connectivity index (χ1) is 5.81. The lowest BCUT2D eigenvalue weighted by atomic mass is 10.2. The maximum Gasteiger partial charge on any atom is -0.0443 e. The summed E-state index contributed by atoms with van der Waals surface area (Å²) in [5, 5.41) is 0. The Morgan fingerprint density at radius 2 is 1.33 bits per heavy atom. The molecule has 0 unspecified atom stereocenters. The third kappa shape index (κ3) is 8.10. The average Bonchev–Trinajstić information content (AvgIpc) is 2.53. The molecule has 1 aliphatic rings. The van der Waals surface area contributed by atoms with E-state index in [2.05, 4.69) is 20.8 Å². The summed E-state index contributed by atoms with van der Waals surface area (Å²) in [5.41, 5.74) is 0. The highest BCUT2D eigenvalue weighted by molar-refractivity contribution is 4.60. The van der Waals surface area contributed by atoms with Gasteiger partial charge in [-0.25, -0.2) is 0 Å². The maximum absolute atomic E-state index is 2.34. The molecule has 74 valence electrons. The van der Waals surface area contributed by atoms with Crippen LogP contribution in [0.3, 0.4) is 0 Å². The third-order valence-corrected chi connectivity index (χ3v) is 2.60. The summed E-state index contributed by atoms with van der Waals surface area (Å²) >= 11 is 0. The lowest BCUT2D eigenvalue weighted by molar-refractivity contribution is 0.612. The summed E-state index contributed by atoms with van der Waals surface area (Å²) in [6.45, 7) is 6.80. The van der Waals surface area contributed by atoms with Crippen LogP contribution < -0.4 is 0 Å². The SMILES string of the molecule is CC1CCCC1.CCCCCC. The van der Waals surface area contributed by atoms with E-state index in [1.807, 2.05) is 0 Å². The van der Waals surface area contributed by atoms with Crippen LogP contribution in [0.5, 0.6) is 0 Å². The van der Waals surface area contributed by atoms with Gasteiger partial charge in [0.05, 0.1) is 0 Å². The molecule has 0 heteroatoms. The summed E-state index contributed by atoms with van der Waals surface area (Å²) in [5.74, 6) is 1.05. The van der Waals surface area contributed by atoms with Crippen molar-refractivity contribution in [3.63, 3.8) is 0 Å². The smallest absolute Gasteiger partial charge is 0.0443 e. The van der Waals surface area contributed by atoms with Crippen molar-refractivity contribution in [3.8, 4) is 0 Å². The second-order valence-electron chi connectivity index (χ2n) is 4.10. The van der Waals surface area contributed by atoms with Crippen LogP contribution in [-0.4, -0.2) is 0 Å². The van der Waals surface area contributed by atoms with Crippen molar-refractivity contribution in [3.05, 3.63) is 0 Å². The fraction of sp³-hybridized carbons (Fsp3) is 1.00. The Balaban J connectivity index is 0.000000202. The van der Waals surface area contributed by atoms with Crippen molar-refractivity contribution in [2.24, 2.45) is 5.92 Å². The van der Waals surface area contributed by atoms with E-state index in [-0.39, 0.29) is 0 Å². The van der Waals surface area contributed by atoms with Crippen LogP contribution >= 0.6 is 0 Å². The van der Waals surface area contributed by atoms with Gasteiger partial charge >= 0.3 is 0 Å². The lowest BCUT2D eigenvalue weighted by Gasteiger charge is -1.91. The molecular formula is C12H26. The molecule has 0 amide bonds. The minimum absolute atomic E-state index is 1.05. The van der Waals surface area contributed by atoms with Crippen LogP contribution in [0.15, 0.2) is 0 Å². The van der Waals surface area contributed by atoms with Gasteiger partial charge in [-0.2, -0.15) is 0 Å². The Labute approximate surface area is 78.8 Å². The highest BCUT2D eigenvalue weighted by Crippen LogP contribution is 2.22. The van der Waals surface area contributed by atoms with Gasteiger partial charge in [-0.15, -0.1) is 0 Å². The maximum atomic E-state index is 2.34. The van der Waals surface area contributed by atoms with E-state index in [0.717, 1.165) is 5.92 Å². The topological polar surface area (TPSA) is 0 Å². The van der Waals surface area contributed by atoms with Crippen LogP contribution in [0.1, 0.15) is 72.1 Å². The van der Waals surface area contributed by atoms with E-state index < -0.39 is 0 Å². The molecule has 0 aliphatic heterocycles. The molecule has 0 radical (unpaired) electrons. The molecule has 12 heavy (non-hydrogen) atoms. The molecule has 0 aromatic carbocycles. The lowest BCUT2D eigenvalue weighted by Crippen LogP contribution is -1.78. The Hall–Kier alpha value is 0. The van der Waals surface area contributed by atoms with Crippen LogP contribution in [-0.2, 0) is 0 Å². The van der Waals surface area contributed by atoms with Crippen molar-refractivity contribution < 1.29 is 0 Å². The van der Waals surface area contributed by atoms with Crippen molar-refractivity contribution in [2.45, 2.75) is 72.1 Å². The fourth-order valence-electron chi connectivity index (χ4n) is 1.63. The van der Waals surface area contributed by atoms with Gasteiger partial charge in [-0.3, -0.25) is 0 Å². The number of hydrogen-bond acceptors (Lipinski definition) is 0. The highest BCUT2D eigenvalue weighted by atomic mass is 14.1. The molecule has 1 aliphatic carbocycles. The molecule has 1 fully saturated rings. The van der Waals surface area contributed by atoms with Crippen molar-refractivity contribution in [1.82, 2.24) is 0 Å². The van der Waals surface area contributed by atoms with Gasteiger partial charge in [0, 0.05) is 0 Å². The van der Waals surface area contributed by atoms with Crippen molar-refractivity contribution in [2.75, 3.05) is 0 Å².